The fourth-order valence-electron chi connectivity index (χ4n) is 3.39. The summed E-state index contributed by atoms with van der Waals surface area (Å²) in [6.45, 7) is 8.37. The predicted octanol–water partition coefficient (Wildman–Crippen LogP) is 2.77. The SMILES string of the molecule is Cc1ncccc1-c1cnn2ccc(N3CCN(C(=O)OC(C)C)CC3)nc12. The summed E-state index contributed by atoms with van der Waals surface area (Å²) in [6.07, 6.45) is 5.18. The zero-order chi connectivity index (χ0) is 19.7. The van der Waals surface area contributed by atoms with Crippen LogP contribution in [0.4, 0.5) is 10.6 Å². The van der Waals surface area contributed by atoms with Gasteiger partial charge in [0.25, 0.3) is 0 Å². The van der Waals surface area contributed by atoms with Crippen molar-refractivity contribution in [2.24, 2.45) is 0 Å². The molecule has 1 aliphatic rings. The van der Waals surface area contributed by atoms with Gasteiger partial charge < -0.3 is 14.5 Å². The Labute approximate surface area is 163 Å². The van der Waals surface area contributed by atoms with Crippen molar-refractivity contribution in [1.29, 1.82) is 0 Å². The largest absolute Gasteiger partial charge is 0.447 e. The van der Waals surface area contributed by atoms with Crippen LogP contribution in [0.25, 0.3) is 16.8 Å². The average molecular weight is 380 g/mol. The van der Waals surface area contributed by atoms with Crippen molar-refractivity contribution in [3.8, 4) is 11.1 Å². The second-order valence-electron chi connectivity index (χ2n) is 7.16. The van der Waals surface area contributed by atoms with E-state index in [1.165, 1.54) is 0 Å². The third-order valence-electron chi connectivity index (χ3n) is 4.85. The van der Waals surface area contributed by atoms with Crippen LogP contribution >= 0.6 is 0 Å². The molecule has 0 N–H and O–H groups in total. The molecule has 1 fully saturated rings. The maximum absolute atomic E-state index is 12.1. The molecule has 8 heteroatoms. The summed E-state index contributed by atoms with van der Waals surface area (Å²) in [5, 5.41) is 4.42. The summed E-state index contributed by atoms with van der Waals surface area (Å²) in [4.78, 5) is 25.2. The molecule has 0 radical (unpaired) electrons. The quantitative estimate of drug-likeness (QED) is 0.695. The number of anilines is 1. The van der Waals surface area contributed by atoms with Crippen LogP contribution in [-0.4, -0.2) is 62.9 Å². The summed E-state index contributed by atoms with van der Waals surface area (Å²) in [5.74, 6) is 0.882. The highest BCUT2D eigenvalue weighted by Crippen LogP contribution is 2.26. The highest BCUT2D eigenvalue weighted by atomic mass is 16.6. The first-order valence-electron chi connectivity index (χ1n) is 9.50. The Morgan fingerprint density at radius 1 is 1.14 bits per heavy atom. The molecular formula is C20H24N6O2. The third kappa shape index (κ3) is 3.49. The zero-order valence-corrected chi connectivity index (χ0v) is 16.4. The summed E-state index contributed by atoms with van der Waals surface area (Å²) in [6, 6.07) is 5.92. The van der Waals surface area contributed by atoms with Crippen LogP contribution in [0.1, 0.15) is 19.5 Å². The minimum absolute atomic E-state index is 0.106. The predicted molar refractivity (Wildman–Crippen MR) is 106 cm³/mol. The molecule has 3 aromatic heterocycles. The number of nitrogens with zero attached hydrogens (tertiary/aromatic N) is 6. The van der Waals surface area contributed by atoms with Crippen molar-refractivity contribution in [3.63, 3.8) is 0 Å². The highest BCUT2D eigenvalue weighted by molar-refractivity contribution is 5.79. The smallest absolute Gasteiger partial charge is 0.410 e. The first-order valence-corrected chi connectivity index (χ1v) is 9.50. The first-order chi connectivity index (χ1) is 13.5. The lowest BCUT2D eigenvalue weighted by molar-refractivity contribution is 0.0751. The first kappa shape index (κ1) is 18.2. The molecule has 0 aliphatic carbocycles. The maximum atomic E-state index is 12.1. The molecule has 1 amide bonds. The number of piperazine rings is 1. The monoisotopic (exact) mass is 380 g/mol. The van der Waals surface area contributed by atoms with Crippen LogP contribution in [0.15, 0.2) is 36.8 Å². The van der Waals surface area contributed by atoms with E-state index in [2.05, 4.69) is 15.0 Å². The molecule has 1 saturated heterocycles. The lowest BCUT2D eigenvalue weighted by Gasteiger charge is -2.35. The van der Waals surface area contributed by atoms with E-state index >= 15 is 0 Å². The van der Waals surface area contributed by atoms with Crippen LogP contribution in [0.2, 0.25) is 0 Å². The Balaban J connectivity index is 1.55. The number of hydrogen-bond acceptors (Lipinski definition) is 6. The van der Waals surface area contributed by atoms with E-state index in [4.69, 9.17) is 9.72 Å². The van der Waals surface area contributed by atoms with E-state index in [1.54, 1.807) is 15.6 Å². The molecular weight excluding hydrogens is 356 g/mol. The molecule has 1 aliphatic heterocycles. The Morgan fingerprint density at radius 3 is 2.64 bits per heavy atom. The summed E-state index contributed by atoms with van der Waals surface area (Å²) in [5.41, 5.74) is 3.74. The van der Waals surface area contributed by atoms with Gasteiger partial charge in [0.2, 0.25) is 0 Å². The van der Waals surface area contributed by atoms with Gasteiger partial charge in [0, 0.05) is 55.4 Å². The Bertz CT molecular complexity index is 991. The van der Waals surface area contributed by atoms with E-state index in [-0.39, 0.29) is 12.2 Å². The number of aryl methyl sites for hydroxylation is 1. The van der Waals surface area contributed by atoms with Gasteiger partial charge in [-0.15, -0.1) is 0 Å². The van der Waals surface area contributed by atoms with Crippen LogP contribution in [0, 0.1) is 6.92 Å². The molecule has 4 rings (SSSR count). The lowest BCUT2D eigenvalue weighted by atomic mass is 10.1. The van der Waals surface area contributed by atoms with Crippen molar-refractivity contribution in [3.05, 3.63) is 42.5 Å². The van der Waals surface area contributed by atoms with Crippen molar-refractivity contribution in [2.45, 2.75) is 26.9 Å². The molecule has 0 saturated carbocycles. The van der Waals surface area contributed by atoms with Gasteiger partial charge in [0.15, 0.2) is 5.65 Å². The molecule has 4 heterocycles. The van der Waals surface area contributed by atoms with Gasteiger partial charge in [-0.1, -0.05) is 6.07 Å². The number of amides is 1. The van der Waals surface area contributed by atoms with Crippen LogP contribution in [-0.2, 0) is 4.74 Å². The molecule has 146 valence electrons. The van der Waals surface area contributed by atoms with E-state index in [0.717, 1.165) is 28.3 Å². The normalized spacial score (nSPS) is 14.7. The number of rotatable bonds is 3. The van der Waals surface area contributed by atoms with Gasteiger partial charge in [-0.3, -0.25) is 4.98 Å². The summed E-state index contributed by atoms with van der Waals surface area (Å²) >= 11 is 0. The lowest BCUT2D eigenvalue weighted by Crippen LogP contribution is -2.49. The van der Waals surface area contributed by atoms with E-state index in [0.29, 0.717) is 26.2 Å². The van der Waals surface area contributed by atoms with Crippen molar-refractivity contribution >= 4 is 17.6 Å². The number of ether oxygens (including phenoxy) is 1. The summed E-state index contributed by atoms with van der Waals surface area (Å²) in [7, 11) is 0. The summed E-state index contributed by atoms with van der Waals surface area (Å²) < 4.78 is 7.07. The molecule has 28 heavy (non-hydrogen) atoms. The molecule has 0 bridgehead atoms. The second kappa shape index (κ2) is 7.46. The number of carbonyl (C=O) groups is 1. The number of pyridine rings is 1. The fraction of sp³-hybridized carbons (Fsp3) is 0.400. The van der Waals surface area contributed by atoms with Gasteiger partial charge in [0.05, 0.1) is 12.3 Å². The third-order valence-corrected chi connectivity index (χ3v) is 4.85. The van der Waals surface area contributed by atoms with E-state index in [9.17, 15) is 4.79 Å². The molecule has 0 aromatic carbocycles. The molecule has 8 nitrogen and oxygen atoms in total. The van der Waals surface area contributed by atoms with Crippen molar-refractivity contribution < 1.29 is 9.53 Å². The zero-order valence-electron chi connectivity index (χ0n) is 16.4. The minimum atomic E-state index is -0.247. The Hall–Kier alpha value is -3.16. The van der Waals surface area contributed by atoms with Crippen molar-refractivity contribution in [1.82, 2.24) is 24.5 Å². The van der Waals surface area contributed by atoms with E-state index in [1.807, 2.05) is 51.4 Å². The number of carbonyl (C=O) groups excluding carboxylic acids is 1. The Morgan fingerprint density at radius 2 is 1.93 bits per heavy atom. The number of aromatic nitrogens is 4. The average Bonchev–Trinajstić information content (AvgIpc) is 3.11. The van der Waals surface area contributed by atoms with Crippen LogP contribution in [0.3, 0.4) is 0 Å². The van der Waals surface area contributed by atoms with Gasteiger partial charge in [-0.2, -0.15) is 5.10 Å². The molecule has 0 spiro atoms. The minimum Gasteiger partial charge on any atom is -0.447 e. The van der Waals surface area contributed by atoms with Gasteiger partial charge in [-0.25, -0.2) is 14.3 Å². The molecule has 0 atom stereocenters. The Kier molecular flexibility index (Phi) is 4.85. The van der Waals surface area contributed by atoms with Gasteiger partial charge >= 0.3 is 6.09 Å². The standard InChI is InChI=1S/C20H24N6O2/c1-14(2)28-20(27)25-11-9-24(10-12-25)18-6-8-26-19(23-18)17(13-22-26)16-5-4-7-21-15(16)3/h4-8,13-14H,9-12H2,1-3H3. The van der Waals surface area contributed by atoms with E-state index < -0.39 is 0 Å². The van der Waals surface area contributed by atoms with Gasteiger partial charge in [-0.05, 0) is 32.9 Å². The number of hydrogen-bond donors (Lipinski definition) is 0. The van der Waals surface area contributed by atoms with Crippen LogP contribution in [0.5, 0.6) is 0 Å². The van der Waals surface area contributed by atoms with Crippen molar-refractivity contribution in [2.75, 3.05) is 31.1 Å². The topological polar surface area (TPSA) is 75.9 Å². The molecule has 3 aromatic rings. The molecule has 0 unspecified atom stereocenters. The van der Waals surface area contributed by atoms with Gasteiger partial charge in [0.1, 0.15) is 5.82 Å². The fourth-order valence-corrected chi connectivity index (χ4v) is 3.39. The highest BCUT2D eigenvalue weighted by Gasteiger charge is 2.24. The van der Waals surface area contributed by atoms with Crippen LogP contribution < -0.4 is 4.90 Å². The second-order valence-corrected chi connectivity index (χ2v) is 7.16. The number of fused-ring (bicyclic) bond motifs is 1. The maximum Gasteiger partial charge on any atom is 0.410 e.